The molecule has 70 valence electrons. The molecule has 0 heterocycles. The molecule has 1 nitrogen and oxygen atoms in total. The predicted octanol–water partition coefficient (Wildman–Crippen LogP) is 3.61. The van der Waals surface area contributed by atoms with E-state index >= 15 is 0 Å². The van der Waals surface area contributed by atoms with Crippen LogP contribution < -0.4 is 0 Å². The molecule has 0 aromatic heterocycles. The first kappa shape index (κ1) is 11.5. The van der Waals surface area contributed by atoms with Gasteiger partial charge in [-0.05, 0) is 31.6 Å². The summed E-state index contributed by atoms with van der Waals surface area (Å²) in [4.78, 5) is 0. The highest BCUT2D eigenvalue weighted by atomic mass is 14.4. The third kappa shape index (κ3) is 3.76. The number of hydrogen-bond donors (Lipinski definition) is 0. The molecule has 0 saturated heterocycles. The molecule has 0 aliphatic heterocycles. The van der Waals surface area contributed by atoms with Crippen molar-refractivity contribution < 1.29 is 0 Å². The van der Waals surface area contributed by atoms with Gasteiger partial charge in [-0.25, -0.2) is 0 Å². The average molecular weight is 167 g/mol. The van der Waals surface area contributed by atoms with Crippen LogP contribution in [0.5, 0.6) is 0 Å². The van der Waals surface area contributed by atoms with Crippen molar-refractivity contribution in [3.8, 4) is 6.07 Å². The Kier molecular flexibility index (Phi) is 3.33. The van der Waals surface area contributed by atoms with E-state index in [-0.39, 0.29) is 5.41 Å². The predicted molar refractivity (Wildman–Crippen MR) is 52.6 cm³/mol. The fourth-order valence-electron chi connectivity index (χ4n) is 1.12. The number of hydrogen-bond acceptors (Lipinski definition) is 1. The molecule has 0 aliphatic carbocycles. The summed E-state index contributed by atoms with van der Waals surface area (Å²) in [5, 5.41) is 8.86. The minimum atomic E-state index is -0.174. The van der Waals surface area contributed by atoms with Gasteiger partial charge in [0.1, 0.15) is 0 Å². The second kappa shape index (κ2) is 3.47. The maximum absolute atomic E-state index is 8.86. The molecular formula is C11H21N. The lowest BCUT2D eigenvalue weighted by molar-refractivity contribution is 0.200. The van der Waals surface area contributed by atoms with Crippen LogP contribution in [0.1, 0.15) is 48.0 Å². The van der Waals surface area contributed by atoms with E-state index in [1.165, 1.54) is 0 Å². The van der Waals surface area contributed by atoms with Crippen LogP contribution >= 0.6 is 0 Å². The highest BCUT2D eigenvalue weighted by Crippen LogP contribution is 2.35. The summed E-state index contributed by atoms with van der Waals surface area (Å²) in [6.07, 6.45) is 0.979. The summed E-state index contributed by atoms with van der Waals surface area (Å²) >= 11 is 0. The first-order chi connectivity index (χ1) is 5.19. The Balaban J connectivity index is 4.22. The van der Waals surface area contributed by atoms with Crippen molar-refractivity contribution in [1.29, 1.82) is 5.26 Å². The highest BCUT2D eigenvalue weighted by molar-refractivity contribution is 4.93. The monoisotopic (exact) mass is 167 g/mol. The largest absolute Gasteiger partial charge is 0.198 e. The normalized spacial score (nSPS) is 15.4. The Labute approximate surface area is 76.8 Å². The summed E-state index contributed by atoms with van der Waals surface area (Å²) in [6, 6.07) is 2.34. The highest BCUT2D eigenvalue weighted by Gasteiger charge is 2.27. The molecule has 0 rings (SSSR count). The van der Waals surface area contributed by atoms with Gasteiger partial charge < -0.3 is 0 Å². The van der Waals surface area contributed by atoms with Crippen molar-refractivity contribution in [1.82, 2.24) is 0 Å². The van der Waals surface area contributed by atoms with Gasteiger partial charge >= 0.3 is 0 Å². The summed E-state index contributed by atoms with van der Waals surface area (Å²) in [5.74, 6) is 0.590. The molecule has 12 heavy (non-hydrogen) atoms. The summed E-state index contributed by atoms with van der Waals surface area (Å²) in [6.45, 7) is 12.9. The Morgan fingerprint density at radius 1 is 1.17 bits per heavy atom. The molecule has 0 aliphatic rings. The smallest absolute Gasteiger partial charge is 0.0684 e. The number of rotatable bonds is 2. The Bertz CT molecular complexity index is 178. The van der Waals surface area contributed by atoms with Crippen LogP contribution in [0.25, 0.3) is 0 Å². The fourth-order valence-corrected chi connectivity index (χ4v) is 1.12. The second-order valence-electron chi connectivity index (χ2n) is 5.47. The van der Waals surface area contributed by atoms with Gasteiger partial charge in [-0.2, -0.15) is 5.26 Å². The average Bonchev–Trinajstić information content (AvgIpc) is 1.85. The first-order valence-electron chi connectivity index (χ1n) is 4.60. The zero-order valence-corrected chi connectivity index (χ0v) is 9.23. The van der Waals surface area contributed by atoms with Crippen LogP contribution in [-0.4, -0.2) is 0 Å². The molecule has 0 bridgehead atoms. The summed E-state index contributed by atoms with van der Waals surface area (Å²) in [5.41, 5.74) is 0.140. The molecule has 0 radical (unpaired) electrons. The van der Waals surface area contributed by atoms with Crippen molar-refractivity contribution in [3.63, 3.8) is 0 Å². The lowest BCUT2D eigenvalue weighted by atomic mass is 9.73. The molecule has 0 amide bonds. The van der Waals surface area contributed by atoms with Crippen molar-refractivity contribution in [2.45, 2.75) is 48.0 Å². The maximum atomic E-state index is 8.86. The van der Waals surface area contributed by atoms with Crippen LogP contribution in [0.2, 0.25) is 0 Å². The van der Waals surface area contributed by atoms with Gasteiger partial charge in [0.2, 0.25) is 0 Å². The molecule has 0 fully saturated rings. The van der Waals surface area contributed by atoms with Crippen molar-refractivity contribution in [3.05, 3.63) is 0 Å². The lowest BCUT2D eigenvalue weighted by Crippen LogP contribution is -2.23. The molecule has 1 atom stereocenters. The zero-order chi connectivity index (χ0) is 9.99. The summed E-state index contributed by atoms with van der Waals surface area (Å²) < 4.78 is 0. The van der Waals surface area contributed by atoms with E-state index in [0.29, 0.717) is 11.3 Å². The zero-order valence-electron chi connectivity index (χ0n) is 9.23. The van der Waals surface area contributed by atoms with Gasteiger partial charge in [-0.3, -0.25) is 0 Å². The van der Waals surface area contributed by atoms with Crippen molar-refractivity contribution >= 4 is 0 Å². The van der Waals surface area contributed by atoms with Crippen LogP contribution in [0, 0.1) is 28.1 Å². The van der Waals surface area contributed by atoms with E-state index in [1.54, 1.807) is 0 Å². The molecule has 1 heteroatoms. The lowest BCUT2D eigenvalue weighted by Gasteiger charge is -2.31. The van der Waals surface area contributed by atoms with E-state index in [1.807, 2.05) is 13.8 Å². The first-order valence-corrected chi connectivity index (χ1v) is 4.60. The maximum Gasteiger partial charge on any atom is 0.0684 e. The van der Waals surface area contributed by atoms with Gasteiger partial charge in [0.05, 0.1) is 11.5 Å². The van der Waals surface area contributed by atoms with E-state index in [2.05, 4.69) is 33.8 Å². The molecule has 0 aromatic carbocycles. The van der Waals surface area contributed by atoms with Crippen molar-refractivity contribution in [2.75, 3.05) is 0 Å². The van der Waals surface area contributed by atoms with E-state index in [4.69, 9.17) is 5.26 Å². The van der Waals surface area contributed by atoms with Gasteiger partial charge in [0.25, 0.3) is 0 Å². The fraction of sp³-hybridized carbons (Fsp3) is 0.909. The Hall–Kier alpha value is -0.510. The Morgan fingerprint density at radius 2 is 1.58 bits per heavy atom. The van der Waals surface area contributed by atoms with Crippen LogP contribution in [0.4, 0.5) is 0 Å². The summed E-state index contributed by atoms with van der Waals surface area (Å²) in [7, 11) is 0. The number of nitrogens with zero attached hydrogens (tertiary/aromatic N) is 1. The number of nitriles is 1. The minimum Gasteiger partial charge on any atom is -0.198 e. The standard InChI is InChI=1S/C11H21N/c1-9(10(2,3)4)7-11(5,6)8-12/h9H,7H2,1-6H3. The van der Waals surface area contributed by atoms with Crippen LogP contribution in [-0.2, 0) is 0 Å². The van der Waals surface area contributed by atoms with Gasteiger partial charge in [0, 0.05) is 0 Å². The third-order valence-corrected chi connectivity index (χ3v) is 2.60. The van der Waals surface area contributed by atoms with Crippen LogP contribution in [0.3, 0.4) is 0 Å². The Morgan fingerprint density at radius 3 is 1.83 bits per heavy atom. The molecule has 0 spiro atoms. The SMILES string of the molecule is CC(CC(C)(C)C#N)C(C)(C)C. The second-order valence-corrected chi connectivity index (χ2v) is 5.47. The van der Waals surface area contributed by atoms with E-state index < -0.39 is 0 Å². The van der Waals surface area contributed by atoms with Crippen molar-refractivity contribution in [2.24, 2.45) is 16.7 Å². The van der Waals surface area contributed by atoms with E-state index in [0.717, 1.165) is 6.42 Å². The molecule has 0 saturated carbocycles. The van der Waals surface area contributed by atoms with Crippen LogP contribution in [0.15, 0.2) is 0 Å². The van der Waals surface area contributed by atoms with Gasteiger partial charge in [-0.15, -0.1) is 0 Å². The minimum absolute atomic E-state index is 0.174. The molecular weight excluding hydrogens is 146 g/mol. The quantitative estimate of drug-likeness (QED) is 0.616. The van der Waals surface area contributed by atoms with Gasteiger partial charge in [-0.1, -0.05) is 27.7 Å². The molecule has 0 N–H and O–H groups in total. The topological polar surface area (TPSA) is 23.8 Å². The third-order valence-electron chi connectivity index (χ3n) is 2.60. The van der Waals surface area contributed by atoms with E-state index in [9.17, 15) is 0 Å². The molecule has 1 unspecified atom stereocenters. The van der Waals surface area contributed by atoms with Gasteiger partial charge in [0.15, 0.2) is 0 Å². The molecule has 0 aromatic rings.